The molecule has 1 rings (SSSR count). The summed E-state index contributed by atoms with van der Waals surface area (Å²) in [5.74, 6) is -2.36. The maximum Gasteiger partial charge on any atom is 0.248 e. The van der Waals surface area contributed by atoms with Gasteiger partial charge in [-0.25, -0.2) is 8.78 Å². The lowest BCUT2D eigenvalue weighted by atomic mass is 9.82. The van der Waals surface area contributed by atoms with Gasteiger partial charge in [0.2, 0.25) is 5.92 Å². The van der Waals surface area contributed by atoms with Crippen LogP contribution in [0.25, 0.3) is 0 Å². The van der Waals surface area contributed by atoms with E-state index < -0.39 is 5.92 Å². The van der Waals surface area contributed by atoms with Crippen LogP contribution in [0.4, 0.5) is 8.78 Å². The molecule has 72 valence electrons. The largest absolute Gasteiger partial charge is 0.393 e. The van der Waals surface area contributed by atoms with Crippen molar-refractivity contribution in [3.63, 3.8) is 0 Å². The molecule has 1 aliphatic carbocycles. The molecule has 12 heavy (non-hydrogen) atoms. The van der Waals surface area contributed by atoms with Crippen LogP contribution >= 0.6 is 0 Å². The molecule has 0 amide bonds. The molecule has 0 bridgehead atoms. The van der Waals surface area contributed by atoms with Crippen molar-refractivity contribution in [1.82, 2.24) is 0 Å². The van der Waals surface area contributed by atoms with Crippen molar-refractivity contribution in [2.24, 2.45) is 5.92 Å². The van der Waals surface area contributed by atoms with Crippen LogP contribution in [-0.4, -0.2) is 17.1 Å². The van der Waals surface area contributed by atoms with Gasteiger partial charge >= 0.3 is 0 Å². The van der Waals surface area contributed by atoms with Crippen LogP contribution in [0.15, 0.2) is 0 Å². The summed E-state index contributed by atoms with van der Waals surface area (Å²) in [6.45, 7) is 1.89. The molecule has 0 heterocycles. The van der Waals surface area contributed by atoms with Gasteiger partial charge in [-0.2, -0.15) is 0 Å². The highest BCUT2D eigenvalue weighted by atomic mass is 19.3. The molecule has 0 radical (unpaired) electrons. The Labute approximate surface area is 71.8 Å². The van der Waals surface area contributed by atoms with E-state index in [2.05, 4.69) is 0 Å². The highest BCUT2D eigenvalue weighted by Crippen LogP contribution is 2.37. The third-order valence-electron chi connectivity index (χ3n) is 2.72. The molecule has 0 aromatic heterocycles. The third-order valence-corrected chi connectivity index (χ3v) is 2.72. The van der Waals surface area contributed by atoms with Gasteiger partial charge < -0.3 is 5.11 Å². The molecule has 0 aromatic rings. The van der Waals surface area contributed by atoms with E-state index in [9.17, 15) is 13.9 Å². The Balaban J connectivity index is 2.36. The fraction of sp³-hybridized carbons (Fsp3) is 1.00. The summed E-state index contributed by atoms with van der Waals surface area (Å²) < 4.78 is 25.3. The lowest BCUT2D eigenvalue weighted by Crippen LogP contribution is -2.30. The minimum absolute atomic E-state index is 0.0469. The predicted octanol–water partition coefficient (Wildman–Crippen LogP) is 2.58. The van der Waals surface area contributed by atoms with E-state index in [-0.39, 0.29) is 24.9 Å². The molecular formula is C9H16F2O. The topological polar surface area (TPSA) is 20.2 Å². The molecule has 1 nitrogen and oxygen atoms in total. The fourth-order valence-corrected chi connectivity index (χ4v) is 1.78. The van der Waals surface area contributed by atoms with Gasteiger partial charge in [-0.3, -0.25) is 0 Å². The summed E-state index contributed by atoms with van der Waals surface area (Å²) in [4.78, 5) is 0. The molecule has 3 heteroatoms. The summed E-state index contributed by atoms with van der Waals surface area (Å²) in [7, 11) is 0. The average molecular weight is 178 g/mol. The van der Waals surface area contributed by atoms with Gasteiger partial charge in [-0.1, -0.05) is 6.92 Å². The number of hydrogen-bond donors (Lipinski definition) is 1. The lowest BCUT2D eigenvalue weighted by Gasteiger charge is -2.30. The van der Waals surface area contributed by atoms with Crippen molar-refractivity contribution in [2.45, 2.75) is 51.1 Å². The van der Waals surface area contributed by atoms with Gasteiger partial charge in [0.1, 0.15) is 0 Å². The predicted molar refractivity (Wildman–Crippen MR) is 43.2 cm³/mol. The van der Waals surface area contributed by atoms with Gasteiger partial charge in [0, 0.05) is 12.8 Å². The van der Waals surface area contributed by atoms with Crippen molar-refractivity contribution >= 4 is 0 Å². The second kappa shape index (κ2) is 3.69. The zero-order valence-corrected chi connectivity index (χ0v) is 7.39. The quantitative estimate of drug-likeness (QED) is 0.689. The fourth-order valence-electron chi connectivity index (χ4n) is 1.78. The number of aliphatic hydroxyl groups excluding tert-OH is 1. The lowest BCUT2D eigenvalue weighted by molar-refractivity contribution is -0.0624. The van der Waals surface area contributed by atoms with Gasteiger partial charge in [-0.05, 0) is 25.2 Å². The highest BCUT2D eigenvalue weighted by molar-refractivity contribution is 4.80. The SMILES string of the molecule is CCC(O)C1CCC(F)(F)CC1. The minimum atomic E-state index is -2.47. The first-order valence-electron chi connectivity index (χ1n) is 4.61. The Kier molecular flexibility index (Phi) is 3.04. The molecule has 1 atom stereocenters. The van der Waals surface area contributed by atoms with E-state index in [4.69, 9.17) is 0 Å². The van der Waals surface area contributed by atoms with Crippen LogP contribution in [0.3, 0.4) is 0 Å². The molecule has 0 saturated heterocycles. The monoisotopic (exact) mass is 178 g/mol. The van der Waals surface area contributed by atoms with Crippen molar-refractivity contribution in [2.75, 3.05) is 0 Å². The Bertz CT molecular complexity index is 137. The van der Waals surface area contributed by atoms with E-state index in [1.165, 1.54) is 0 Å². The van der Waals surface area contributed by atoms with Crippen molar-refractivity contribution in [3.8, 4) is 0 Å². The molecule has 1 aliphatic rings. The standard InChI is InChI=1S/C9H16F2O/c1-2-8(12)7-3-5-9(10,11)6-4-7/h7-8,12H,2-6H2,1H3. The summed E-state index contributed by atoms with van der Waals surface area (Å²) in [6.07, 6.45) is 1.16. The van der Waals surface area contributed by atoms with Crippen molar-refractivity contribution in [1.29, 1.82) is 0 Å². The van der Waals surface area contributed by atoms with Crippen LogP contribution in [0, 0.1) is 5.92 Å². The maximum atomic E-state index is 12.7. The molecule has 1 saturated carbocycles. The Hall–Kier alpha value is -0.180. The normalized spacial score (nSPS) is 27.0. The van der Waals surface area contributed by atoms with Crippen LogP contribution in [0.1, 0.15) is 39.0 Å². The van der Waals surface area contributed by atoms with Gasteiger partial charge in [0.05, 0.1) is 6.10 Å². The van der Waals surface area contributed by atoms with Crippen LogP contribution < -0.4 is 0 Å². The van der Waals surface area contributed by atoms with Crippen LogP contribution in [0.2, 0.25) is 0 Å². The second-order valence-electron chi connectivity index (χ2n) is 3.67. The first kappa shape index (κ1) is 9.90. The number of alkyl halides is 2. The zero-order chi connectivity index (χ0) is 9.19. The zero-order valence-electron chi connectivity index (χ0n) is 7.39. The summed E-state index contributed by atoms with van der Waals surface area (Å²) in [5.41, 5.74) is 0. The Morgan fingerprint density at radius 3 is 2.33 bits per heavy atom. The van der Waals surface area contributed by atoms with Crippen LogP contribution in [-0.2, 0) is 0 Å². The first-order chi connectivity index (χ1) is 5.55. The molecular weight excluding hydrogens is 162 g/mol. The van der Waals surface area contributed by atoms with E-state index >= 15 is 0 Å². The molecule has 1 unspecified atom stereocenters. The molecule has 1 fully saturated rings. The smallest absolute Gasteiger partial charge is 0.248 e. The Morgan fingerprint density at radius 1 is 1.42 bits per heavy atom. The van der Waals surface area contributed by atoms with Crippen molar-refractivity contribution < 1.29 is 13.9 Å². The number of halogens is 2. The van der Waals surface area contributed by atoms with Crippen molar-refractivity contribution in [3.05, 3.63) is 0 Å². The minimum Gasteiger partial charge on any atom is -0.393 e. The number of aliphatic hydroxyl groups is 1. The highest BCUT2D eigenvalue weighted by Gasteiger charge is 2.36. The van der Waals surface area contributed by atoms with Crippen LogP contribution in [0.5, 0.6) is 0 Å². The second-order valence-corrected chi connectivity index (χ2v) is 3.67. The van der Waals surface area contributed by atoms with E-state index in [1.54, 1.807) is 0 Å². The Morgan fingerprint density at radius 2 is 1.92 bits per heavy atom. The van der Waals surface area contributed by atoms with Gasteiger partial charge in [0.25, 0.3) is 0 Å². The third kappa shape index (κ3) is 2.41. The van der Waals surface area contributed by atoms with Gasteiger partial charge in [-0.15, -0.1) is 0 Å². The molecule has 0 aromatic carbocycles. The molecule has 0 spiro atoms. The average Bonchev–Trinajstić information content (AvgIpc) is 2.03. The molecule has 0 aliphatic heterocycles. The number of hydrogen-bond acceptors (Lipinski definition) is 1. The summed E-state index contributed by atoms with van der Waals surface area (Å²) in [6, 6.07) is 0. The van der Waals surface area contributed by atoms with Gasteiger partial charge in [0.15, 0.2) is 0 Å². The van der Waals surface area contributed by atoms with E-state index in [1.807, 2.05) is 6.92 Å². The first-order valence-corrected chi connectivity index (χ1v) is 4.61. The molecule has 1 N–H and O–H groups in total. The summed E-state index contributed by atoms with van der Waals surface area (Å²) >= 11 is 0. The maximum absolute atomic E-state index is 12.7. The van der Waals surface area contributed by atoms with E-state index in [0.717, 1.165) is 0 Å². The number of rotatable bonds is 2. The summed E-state index contributed by atoms with van der Waals surface area (Å²) in [5, 5.41) is 9.41. The van der Waals surface area contributed by atoms with E-state index in [0.29, 0.717) is 19.3 Å².